The molecule has 0 saturated carbocycles. The first kappa shape index (κ1) is 15.0. The molecule has 0 fully saturated rings. The maximum atomic E-state index is 5.32. The van der Waals surface area contributed by atoms with Gasteiger partial charge < -0.3 is 15.0 Å². The molecule has 0 atom stereocenters. The Hall–Kier alpha value is -2.44. The molecular formula is C14H20N6O. The molecule has 2 aromatic rings. The molecule has 0 spiro atoms. The number of hydrogen-bond donors (Lipinski definition) is 1. The number of pyridine rings is 1. The van der Waals surface area contributed by atoms with Crippen LogP contribution in [0.15, 0.2) is 18.3 Å². The van der Waals surface area contributed by atoms with Crippen LogP contribution in [0, 0.1) is 0 Å². The van der Waals surface area contributed by atoms with E-state index in [2.05, 4.69) is 32.2 Å². The van der Waals surface area contributed by atoms with Crippen molar-refractivity contribution in [3.63, 3.8) is 0 Å². The van der Waals surface area contributed by atoms with Gasteiger partial charge in [0.05, 0.1) is 7.11 Å². The third-order valence-corrected chi connectivity index (χ3v) is 2.76. The summed E-state index contributed by atoms with van der Waals surface area (Å²) in [5, 5.41) is 3.18. The van der Waals surface area contributed by atoms with Crippen LogP contribution in [-0.2, 0) is 0 Å². The summed E-state index contributed by atoms with van der Waals surface area (Å²) in [5.74, 6) is 2.24. The van der Waals surface area contributed by atoms with E-state index in [1.807, 2.05) is 31.1 Å². The summed E-state index contributed by atoms with van der Waals surface area (Å²) in [6.07, 6.45) is 2.68. The van der Waals surface area contributed by atoms with Crippen molar-refractivity contribution in [2.45, 2.75) is 13.3 Å². The molecule has 7 nitrogen and oxygen atoms in total. The van der Waals surface area contributed by atoms with Crippen LogP contribution in [-0.4, -0.2) is 47.7 Å². The summed E-state index contributed by atoms with van der Waals surface area (Å²) < 4.78 is 5.32. The van der Waals surface area contributed by atoms with Gasteiger partial charge in [0.1, 0.15) is 11.4 Å². The number of nitrogens with zero attached hydrogens (tertiary/aromatic N) is 5. The maximum Gasteiger partial charge on any atom is 0.230 e. The van der Waals surface area contributed by atoms with Crippen LogP contribution in [0.5, 0.6) is 5.75 Å². The van der Waals surface area contributed by atoms with Crippen LogP contribution in [0.1, 0.15) is 13.3 Å². The highest BCUT2D eigenvalue weighted by molar-refractivity contribution is 5.61. The number of anilines is 2. The molecule has 0 bridgehead atoms. The zero-order chi connectivity index (χ0) is 15.2. The van der Waals surface area contributed by atoms with Crippen molar-refractivity contribution in [2.24, 2.45) is 0 Å². The van der Waals surface area contributed by atoms with Crippen molar-refractivity contribution in [2.75, 3.05) is 38.0 Å². The largest absolute Gasteiger partial charge is 0.494 e. The van der Waals surface area contributed by atoms with E-state index in [1.165, 1.54) is 0 Å². The van der Waals surface area contributed by atoms with Gasteiger partial charge in [0.2, 0.25) is 11.9 Å². The Kier molecular flexibility index (Phi) is 4.86. The van der Waals surface area contributed by atoms with E-state index in [-0.39, 0.29) is 0 Å². The topological polar surface area (TPSA) is 76.1 Å². The fraction of sp³-hybridized carbons (Fsp3) is 0.429. The smallest absolute Gasteiger partial charge is 0.230 e. The van der Waals surface area contributed by atoms with E-state index in [9.17, 15) is 0 Å². The fourth-order valence-electron chi connectivity index (χ4n) is 1.71. The second kappa shape index (κ2) is 6.83. The second-order valence-corrected chi connectivity index (χ2v) is 4.66. The van der Waals surface area contributed by atoms with Crippen LogP contribution in [0.3, 0.4) is 0 Å². The molecule has 1 N–H and O–H groups in total. The average Bonchev–Trinajstić information content (AvgIpc) is 2.52. The van der Waals surface area contributed by atoms with E-state index in [0.717, 1.165) is 13.0 Å². The van der Waals surface area contributed by atoms with Crippen LogP contribution in [0.25, 0.3) is 11.5 Å². The highest BCUT2D eigenvalue weighted by Crippen LogP contribution is 2.25. The van der Waals surface area contributed by atoms with E-state index in [0.29, 0.717) is 29.2 Å². The SMILES string of the molecule is CCCNc1nc(-c2ncccc2OC)nc(N(C)C)n1. The monoisotopic (exact) mass is 288 g/mol. The van der Waals surface area contributed by atoms with E-state index >= 15 is 0 Å². The highest BCUT2D eigenvalue weighted by atomic mass is 16.5. The van der Waals surface area contributed by atoms with Crippen LogP contribution in [0.4, 0.5) is 11.9 Å². The third-order valence-electron chi connectivity index (χ3n) is 2.76. The lowest BCUT2D eigenvalue weighted by molar-refractivity contribution is 0.414. The number of methoxy groups -OCH3 is 1. The number of hydrogen-bond acceptors (Lipinski definition) is 7. The van der Waals surface area contributed by atoms with Crippen molar-refractivity contribution in [1.29, 1.82) is 0 Å². The predicted octanol–water partition coefficient (Wildman–Crippen LogP) is 1.83. The minimum absolute atomic E-state index is 0.491. The molecule has 2 heterocycles. The van der Waals surface area contributed by atoms with Gasteiger partial charge in [-0.05, 0) is 18.6 Å². The first-order valence-corrected chi connectivity index (χ1v) is 6.82. The number of rotatable bonds is 6. The minimum Gasteiger partial charge on any atom is -0.494 e. The lowest BCUT2D eigenvalue weighted by Crippen LogP contribution is -2.16. The Balaban J connectivity index is 2.48. The summed E-state index contributed by atoms with van der Waals surface area (Å²) in [6.45, 7) is 2.89. The molecule has 0 unspecified atom stereocenters. The molecule has 7 heteroatoms. The van der Waals surface area contributed by atoms with Crippen molar-refractivity contribution < 1.29 is 4.74 Å². The molecule has 112 valence electrons. The van der Waals surface area contributed by atoms with Crippen LogP contribution < -0.4 is 15.0 Å². The summed E-state index contributed by atoms with van der Waals surface area (Å²) in [6, 6.07) is 3.65. The third kappa shape index (κ3) is 3.56. The molecule has 21 heavy (non-hydrogen) atoms. The zero-order valence-electron chi connectivity index (χ0n) is 12.8. The standard InChI is InChI=1S/C14H20N6O/c1-5-8-16-13-17-12(18-14(19-13)20(2)3)11-10(21-4)7-6-9-15-11/h6-7,9H,5,8H2,1-4H3,(H,16,17,18,19). The van der Waals surface area contributed by atoms with Gasteiger partial charge >= 0.3 is 0 Å². The summed E-state index contributed by atoms with van der Waals surface area (Å²) >= 11 is 0. The Morgan fingerprint density at radius 1 is 1.24 bits per heavy atom. The van der Waals surface area contributed by atoms with Gasteiger partial charge in [-0.1, -0.05) is 6.92 Å². The van der Waals surface area contributed by atoms with E-state index < -0.39 is 0 Å². The van der Waals surface area contributed by atoms with Gasteiger partial charge in [0.25, 0.3) is 0 Å². The molecule has 0 aliphatic carbocycles. The zero-order valence-corrected chi connectivity index (χ0v) is 12.8. The second-order valence-electron chi connectivity index (χ2n) is 4.66. The number of aromatic nitrogens is 4. The van der Waals surface area contributed by atoms with Crippen molar-refractivity contribution >= 4 is 11.9 Å². The number of nitrogens with one attached hydrogen (secondary N) is 1. The molecule has 0 amide bonds. The molecule has 0 aliphatic heterocycles. The van der Waals surface area contributed by atoms with Crippen molar-refractivity contribution in [1.82, 2.24) is 19.9 Å². The first-order valence-electron chi connectivity index (χ1n) is 6.82. The van der Waals surface area contributed by atoms with Gasteiger partial charge in [-0.3, -0.25) is 0 Å². The lowest BCUT2D eigenvalue weighted by atomic mass is 10.3. The quantitative estimate of drug-likeness (QED) is 0.869. The van der Waals surface area contributed by atoms with Gasteiger partial charge in [-0.25, -0.2) is 4.98 Å². The van der Waals surface area contributed by atoms with Gasteiger partial charge in [0, 0.05) is 26.8 Å². The highest BCUT2D eigenvalue weighted by Gasteiger charge is 2.14. The first-order chi connectivity index (χ1) is 10.2. The van der Waals surface area contributed by atoms with Crippen molar-refractivity contribution in [3.8, 4) is 17.3 Å². The van der Waals surface area contributed by atoms with Crippen LogP contribution >= 0.6 is 0 Å². The molecule has 0 saturated heterocycles. The van der Waals surface area contributed by atoms with E-state index in [1.54, 1.807) is 13.3 Å². The molecule has 0 aliphatic rings. The lowest BCUT2D eigenvalue weighted by Gasteiger charge is -2.14. The average molecular weight is 288 g/mol. The predicted molar refractivity (Wildman–Crippen MR) is 82.7 cm³/mol. The minimum atomic E-state index is 0.491. The number of ether oxygens (including phenoxy) is 1. The Bertz CT molecular complexity index is 602. The Labute approximate surface area is 124 Å². The Morgan fingerprint density at radius 3 is 2.71 bits per heavy atom. The molecule has 2 aromatic heterocycles. The summed E-state index contributed by atoms with van der Waals surface area (Å²) in [4.78, 5) is 19.4. The molecular weight excluding hydrogens is 268 g/mol. The van der Waals surface area contributed by atoms with Gasteiger partial charge in [-0.15, -0.1) is 0 Å². The maximum absolute atomic E-state index is 5.32. The van der Waals surface area contributed by atoms with E-state index in [4.69, 9.17) is 4.74 Å². The van der Waals surface area contributed by atoms with Gasteiger partial charge in [-0.2, -0.15) is 15.0 Å². The molecule has 2 rings (SSSR count). The van der Waals surface area contributed by atoms with Gasteiger partial charge in [0.15, 0.2) is 5.82 Å². The van der Waals surface area contributed by atoms with Crippen molar-refractivity contribution in [3.05, 3.63) is 18.3 Å². The molecule has 0 aromatic carbocycles. The summed E-state index contributed by atoms with van der Waals surface area (Å²) in [5.41, 5.74) is 0.602. The normalized spacial score (nSPS) is 10.3. The summed E-state index contributed by atoms with van der Waals surface area (Å²) in [7, 11) is 5.38. The Morgan fingerprint density at radius 2 is 2.05 bits per heavy atom. The van der Waals surface area contributed by atoms with Crippen LogP contribution in [0.2, 0.25) is 0 Å². The fourth-order valence-corrected chi connectivity index (χ4v) is 1.71. The molecule has 0 radical (unpaired) electrons.